The highest BCUT2D eigenvalue weighted by atomic mass is 17.1. The van der Waals surface area contributed by atoms with Gasteiger partial charge in [0.05, 0.1) is 6.42 Å². The summed E-state index contributed by atoms with van der Waals surface area (Å²) < 4.78 is 0. The molecule has 0 radical (unpaired) electrons. The zero-order valence-corrected chi connectivity index (χ0v) is 8.47. The number of hydrogen-bond donors (Lipinski definition) is 1. The van der Waals surface area contributed by atoms with Crippen molar-refractivity contribution in [2.45, 2.75) is 41.0 Å². The molecule has 0 unspecified atom stereocenters. The van der Waals surface area contributed by atoms with Crippen molar-refractivity contribution in [1.29, 1.82) is 0 Å². The van der Waals surface area contributed by atoms with Crippen LogP contribution in [-0.4, -0.2) is 11.2 Å². The number of carbonyl (C=O) groups excluding carboxylic acids is 1. The van der Waals surface area contributed by atoms with E-state index in [1.165, 1.54) is 0 Å². The Bertz CT molecular complexity index is 165. The van der Waals surface area contributed by atoms with E-state index in [1.54, 1.807) is 0 Å². The molecule has 0 aliphatic carbocycles. The number of carbonyl (C=O) groups is 1. The minimum Gasteiger partial charge on any atom is -0.301 e. The predicted octanol–water partition coefficient (Wildman–Crippen LogP) is 2.46. The predicted molar refractivity (Wildman–Crippen MR) is 46.6 cm³/mol. The van der Waals surface area contributed by atoms with Gasteiger partial charge in [0, 0.05) is 0 Å². The number of rotatable bonds is 2. The summed E-state index contributed by atoms with van der Waals surface area (Å²) >= 11 is 0. The van der Waals surface area contributed by atoms with E-state index in [2.05, 4.69) is 25.7 Å². The smallest absolute Gasteiger partial charge is 0.301 e. The van der Waals surface area contributed by atoms with Crippen LogP contribution in [-0.2, 0) is 9.68 Å². The average molecular weight is 174 g/mol. The van der Waals surface area contributed by atoms with Crippen LogP contribution < -0.4 is 0 Å². The van der Waals surface area contributed by atoms with E-state index in [1.807, 2.05) is 13.8 Å². The van der Waals surface area contributed by atoms with E-state index in [0.717, 1.165) is 0 Å². The summed E-state index contributed by atoms with van der Waals surface area (Å²) in [5.41, 5.74) is -0.159. The molecular weight excluding hydrogens is 156 g/mol. The lowest BCUT2D eigenvalue weighted by atomic mass is 9.67. The Balaban J connectivity index is 4.33. The van der Waals surface area contributed by atoms with E-state index < -0.39 is 5.97 Å². The van der Waals surface area contributed by atoms with Gasteiger partial charge >= 0.3 is 5.97 Å². The molecule has 3 nitrogen and oxygen atoms in total. The van der Waals surface area contributed by atoms with Gasteiger partial charge in [-0.25, -0.2) is 4.79 Å². The molecular formula is C9H18O3. The van der Waals surface area contributed by atoms with Gasteiger partial charge in [0.2, 0.25) is 0 Å². The van der Waals surface area contributed by atoms with Crippen molar-refractivity contribution in [3.05, 3.63) is 0 Å². The SMILES string of the molecule is CC(C)(C)C(C)(C)CC(=O)OO. The van der Waals surface area contributed by atoms with Crippen LogP contribution in [0.25, 0.3) is 0 Å². The van der Waals surface area contributed by atoms with Crippen LogP contribution in [0.1, 0.15) is 41.0 Å². The topological polar surface area (TPSA) is 46.5 Å². The maximum atomic E-state index is 10.8. The lowest BCUT2D eigenvalue weighted by molar-refractivity contribution is -0.237. The van der Waals surface area contributed by atoms with Gasteiger partial charge in [0.15, 0.2) is 0 Å². The molecule has 72 valence electrons. The Labute approximate surface area is 73.7 Å². The van der Waals surface area contributed by atoms with Gasteiger partial charge in [-0.3, -0.25) is 0 Å². The first-order valence-electron chi connectivity index (χ1n) is 4.05. The fourth-order valence-corrected chi connectivity index (χ4v) is 0.658. The van der Waals surface area contributed by atoms with Gasteiger partial charge in [-0.15, -0.1) is 0 Å². The molecule has 0 fully saturated rings. The first-order valence-corrected chi connectivity index (χ1v) is 4.05. The van der Waals surface area contributed by atoms with Crippen LogP contribution in [0.5, 0.6) is 0 Å². The second-order valence-corrected chi connectivity index (χ2v) is 4.77. The summed E-state index contributed by atoms with van der Waals surface area (Å²) in [6.07, 6.45) is 0.229. The normalized spacial score (nSPS) is 12.8. The van der Waals surface area contributed by atoms with Crippen molar-refractivity contribution in [2.75, 3.05) is 0 Å². The second-order valence-electron chi connectivity index (χ2n) is 4.77. The highest BCUT2D eigenvalue weighted by molar-refractivity contribution is 5.69. The van der Waals surface area contributed by atoms with Gasteiger partial charge in [-0.1, -0.05) is 34.6 Å². The van der Waals surface area contributed by atoms with Gasteiger partial charge in [-0.2, -0.15) is 5.26 Å². The van der Waals surface area contributed by atoms with Crippen LogP contribution in [0.3, 0.4) is 0 Å². The van der Waals surface area contributed by atoms with Gasteiger partial charge in [0.25, 0.3) is 0 Å². The summed E-state index contributed by atoms with van der Waals surface area (Å²) in [5.74, 6) is -0.574. The molecule has 3 heteroatoms. The Morgan fingerprint density at radius 3 is 1.92 bits per heavy atom. The molecule has 0 saturated heterocycles. The molecule has 12 heavy (non-hydrogen) atoms. The van der Waals surface area contributed by atoms with E-state index in [-0.39, 0.29) is 17.3 Å². The summed E-state index contributed by atoms with van der Waals surface area (Å²) in [4.78, 5) is 14.4. The molecule has 0 spiro atoms. The molecule has 0 atom stereocenters. The lowest BCUT2D eigenvalue weighted by Gasteiger charge is -2.37. The third kappa shape index (κ3) is 2.81. The minimum atomic E-state index is -0.574. The van der Waals surface area contributed by atoms with E-state index in [0.29, 0.717) is 0 Å². The van der Waals surface area contributed by atoms with Crippen molar-refractivity contribution in [2.24, 2.45) is 10.8 Å². The molecule has 0 bridgehead atoms. The zero-order chi connectivity index (χ0) is 9.99. The quantitative estimate of drug-likeness (QED) is 0.516. The van der Waals surface area contributed by atoms with Gasteiger partial charge in [0.1, 0.15) is 0 Å². The van der Waals surface area contributed by atoms with Crippen molar-refractivity contribution in [3.8, 4) is 0 Å². The summed E-state index contributed by atoms with van der Waals surface area (Å²) in [6, 6.07) is 0. The number of hydrogen-bond acceptors (Lipinski definition) is 3. The highest BCUT2D eigenvalue weighted by Crippen LogP contribution is 2.40. The van der Waals surface area contributed by atoms with Crippen molar-refractivity contribution >= 4 is 5.97 Å². The Morgan fingerprint density at radius 1 is 1.25 bits per heavy atom. The molecule has 0 aliphatic heterocycles. The highest BCUT2D eigenvalue weighted by Gasteiger charge is 2.35. The van der Waals surface area contributed by atoms with Crippen LogP contribution in [0.15, 0.2) is 0 Å². The van der Waals surface area contributed by atoms with Crippen LogP contribution >= 0.6 is 0 Å². The molecule has 1 N–H and O–H groups in total. The van der Waals surface area contributed by atoms with Crippen molar-refractivity contribution in [3.63, 3.8) is 0 Å². The van der Waals surface area contributed by atoms with Crippen LogP contribution in [0.2, 0.25) is 0 Å². The summed E-state index contributed by atoms with van der Waals surface area (Å²) in [7, 11) is 0. The lowest BCUT2D eigenvalue weighted by Crippen LogP contribution is -2.32. The van der Waals surface area contributed by atoms with Gasteiger partial charge in [-0.05, 0) is 10.8 Å². The monoisotopic (exact) mass is 174 g/mol. The standard InChI is InChI=1S/C9H18O3/c1-8(2,3)9(4,5)6-7(10)12-11/h11H,6H2,1-5H3. The summed E-state index contributed by atoms with van der Waals surface area (Å²) in [5, 5.41) is 8.11. The van der Waals surface area contributed by atoms with Gasteiger partial charge < -0.3 is 4.89 Å². The zero-order valence-electron chi connectivity index (χ0n) is 8.47. The van der Waals surface area contributed by atoms with E-state index in [4.69, 9.17) is 5.26 Å². The Morgan fingerprint density at radius 2 is 1.67 bits per heavy atom. The first-order chi connectivity index (χ1) is 5.20. The average Bonchev–Trinajstić information content (AvgIpc) is 1.84. The fraction of sp³-hybridized carbons (Fsp3) is 0.889. The second kappa shape index (κ2) is 3.44. The minimum absolute atomic E-state index is 0.0151. The third-order valence-electron chi connectivity index (χ3n) is 2.72. The maximum Gasteiger partial charge on any atom is 0.342 e. The largest absolute Gasteiger partial charge is 0.342 e. The van der Waals surface area contributed by atoms with E-state index in [9.17, 15) is 4.79 Å². The molecule has 0 heterocycles. The summed E-state index contributed by atoms with van der Waals surface area (Å²) in [6.45, 7) is 10.1. The van der Waals surface area contributed by atoms with Crippen molar-refractivity contribution in [1.82, 2.24) is 0 Å². The Hall–Kier alpha value is -0.570. The van der Waals surface area contributed by atoms with Crippen LogP contribution in [0.4, 0.5) is 0 Å². The van der Waals surface area contributed by atoms with E-state index >= 15 is 0 Å². The van der Waals surface area contributed by atoms with Crippen LogP contribution in [0, 0.1) is 10.8 Å². The molecule has 0 aromatic rings. The van der Waals surface area contributed by atoms with Crippen molar-refractivity contribution < 1.29 is 14.9 Å². The molecule has 0 aromatic heterocycles. The maximum absolute atomic E-state index is 10.8. The molecule has 0 rings (SSSR count). The third-order valence-corrected chi connectivity index (χ3v) is 2.72. The Kier molecular flexibility index (Phi) is 3.27. The molecule has 0 saturated carbocycles. The fourth-order valence-electron chi connectivity index (χ4n) is 0.658. The molecule has 0 aliphatic rings. The first kappa shape index (κ1) is 11.4. The molecule has 0 amide bonds. The molecule has 0 aromatic carbocycles.